The molecule has 1 aromatic carbocycles. The van der Waals surface area contributed by atoms with E-state index in [4.69, 9.17) is 10.8 Å². The molecule has 2 amide bonds. The molecule has 1 atom stereocenters. The Labute approximate surface area is 110 Å². The van der Waals surface area contributed by atoms with Crippen LogP contribution >= 0.6 is 0 Å². The van der Waals surface area contributed by atoms with Crippen molar-refractivity contribution in [3.05, 3.63) is 35.4 Å². The molecule has 0 aromatic heterocycles. The molecule has 102 valence electrons. The van der Waals surface area contributed by atoms with E-state index in [-0.39, 0.29) is 18.4 Å². The second-order valence-electron chi connectivity index (χ2n) is 4.25. The highest BCUT2D eigenvalue weighted by Crippen LogP contribution is 2.05. The lowest BCUT2D eigenvalue weighted by Crippen LogP contribution is -2.32. The van der Waals surface area contributed by atoms with E-state index in [9.17, 15) is 14.4 Å². The Bertz CT molecular complexity index is 482. The first-order chi connectivity index (χ1) is 8.90. The van der Waals surface area contributed by atoms with E-state index in [1.165, 1.54) is 24.3 Å². The zero-order chi connectivity index (χ0) is 14.4. The molecule has 6 heteroatoms. The molecule has 0 saturated carbocycles. The SMILES string of the molecule is CC(CCC(=O)O)NC(=O)c1ccc(C(N)=O)cc1. The molecule has 0 aliphatic heterocycles. The van der Waals surface area contributed by atoms with Crippen LogP contribution in [0.1, 0.15) is 40.5 Å². The third-order valence-corrected chi connectivity index (χ3v) is 2.60. The van der Waals surface area contributed by atoms with Crippen LogP contribution in [0.15, 0.2) is 24.3 Å². The predicted molar refractivity (Wildman–Crippen MR) is 68.8 cm³/mol. The highest BCUT2D eigenvalue weighted by atomic mass is 16.4. The lowest BCUT2D eigenvalue weighted by atomic mass is 10.1. The quantitative estimate of drug-likeness (QED) is 0.704. The molecule has 0 fully saturated rings. The number of carbonyl (C=O) groups excluding carboxylic acids is 2. The van der Waals surface area contributed by atoms with Crippen molar-refractivity contribution in [2.45, 2.75) is 25.8 Å². The third kappa shape index (κ3) is 4.79. The number of rotatable bonds is 6. The van der Waals surface area contributed by atoms with Gasteiger partial charge in [0.05, 0.1) is 0 Å². The topological polar surface area (TPSA) is 109 Å². The Morgan fingerprint density at radius 2 is 1.74 bits per heavy atom. The minimum atomic E-state index is -0.896. The summed E-state index contributed by atoms with van der Waals surface area (Å²) in [5, 5.41) is 11.2. The van der Waals surface area contributed by atoms with Gasteiger partial charge in [-0.2, -0.15) is 0 Å². The number of primary amides is 1. The van der Waals surface area contributed by atoms with E-state index in [1.54, 1.807) is 6.92 Å². The van der Waals surface area contributed by atoms with Gasteiger partial charge in [0.2, 0.25) is 5.91 Å². The van der Waals surface area contributed by atoms with Crippen LogP contribution in [0.25, 0.3) is 0 Å². The number of hydrogen-bond donors (Lipinski definition) is 3. The number of carboxylic acid groups (broad SMARTS) is 1. The first kappa shape index (κ1) is 14.7. The minimum Gasteiger partial charge on any atom is -0.481 e. The molecule has 0 radical (unpaired) electrons. The summed E-state index contributed by atoms with van der Waals surface area (Å²) in [7, 11) is 0. The normalized spacial score (nSPS) is 11.6. The van der Waals surface area contributed by atoms with Crippen molar-refractivity contribution in [3.8, 4) is 0 Å². The summed E-state index contributed by atoms with van der Waals surface area (Å²) in [6, 6.07) is 5.70. The third-order valence-electron chi connectivity index (χ3n) is 2.60. The number of aliphatic carboxylic acids is 1. The van der Waals surface area contributed by atoms with Crippen molar-refractivity contribution in [1.29, 1.82) is 0 Å². The lowest BCUT2D eigenvalue weighted by Gasteiger charge is -2.12. The molecule has 0 saturated heterocycles. The van der Waals surface area contributed by atoms with Gasteiger partial charge in [-0.05, 0) is 37.6 Å². The molecule has 0 bridgehead atoms. The number of hydrogen-bond acceptors (Lipinski definition) is 3. The van der Waals surface area contributed by atoms with Gasteiger partial charge in [-0.25, -0.2) is 0 Å². The average Bonchev–Trinajstić information content (AvgIpc) is 2.36. The summed E-state index contributed by atoms with van der Waals surface area (Å²) in [4.78, 5) is 33.1. The minimum absolute atomic E-state index is 0.00204. The van der Waals surface area contributed by atoms with E-state index in [0.717, 1.165) is 0 Å². The number of amides is 2. The molecular formula is C13H16N2O4. The summed E-state index contributed by atoms with van der Waals surface area (Å²) in [6.45, 7) is 1.73. The van der Waals surface area contributed by atoms with Crippen LogP contribution in [-0.2, 0) is 4.79 Å². The molecular weight excluding hydrogens is 248 g/mol. The summed E-state index contributed by atoms with van der Waals surface area (Å²) >= 11 is 0. The van der Waals surface area contributed by atoms with Gasteiger partial charge in [0, 0.05) is 23.6 Å². The van der Waals surface area contributed by atoms with Gasteiger partial charge in [-0.15, -0.1) is 0 Å². The molecule has 0 aliphatic rings. The van der Waals surface area contributed by atoms with Gasteiger partial charge >= 0.3 is 5.97 Å². The first-order valence-electron chi connectivity index (χ1n) is 5.82. The zero-order valence-electron chi connectivity index (χ0n) is 10.6. The average molecular weight is 264 g/mol. The van der Waals surface area contributed by atoms with Crippen LogP contribution in [0.3, 0.4) is 0 Å². The second kappa shape index (κ2) is 6.53. The number of nitrogens with one attached hydrogen (secondary N) is 1. The van der Waals surface area contributed by atoms with E-state index < -0.39 is 11.9 Å². The maximum absolute atomic E-state index is 11.8. The summed E-state index contributed by atoms with van der Waals surface area (Å²) in [6.07, 6.45) is 0.364. The Hall–Kier alpha value is -2.37. The molecule has 4 N–H and O–H groups in total. The van der Waals surface area contributed by atoms with E-state index >= 15 is 0 Å². The highest BCUT2D eigenvalue weighted by Gasteiger charge is 2.11. The predicted octanol–water partition coefficient (Wildman–Crippen LogP) is 0.769. The van der Waals surface area contributed by atoms with Crippen LogP contribution in [0.4, 0.5) is 0 Å². The maximum atomic E-state index is 11.8. The van der Waals surface area contributed by atoms with Crippen molar-refractivity contribution in [1.82, 2.24) is 5.32 Å². The van der Waals surface area contributed by atoms with Gasteiger partial charge in [0.1, 0.15) is 0 Å². The number of nitrogens with two attached hydrogens (primary N) is 1. The Balaban J connectivity index is 2.58. The lowest BCUT2D eigenvalue weighted by molar-refractivity contribution is -0.137. The fraction of sp³-hybridized carbons (Fsp3) is 0.308. The van der Waals surface area contributed by atoms with Crippen LogP contribution in [0, 0.1) is 0 Å². The molecule has 0 aliphatic carbocycles. The molecule has 6 nitrogen and oxygen atoms in total. The summed E-state index contributed by atoms with van der Waals surface area (Å²) < 4.78 is 0. The van der Waals surface area contributed by atoms with Crippen molar-refractivity contribution < 1.29 is 19.5 Å². The maximum Gasteiger partial charge on any atom is 0.303 e. The van der Waals surface area contributed by atoms with Gasteiger partial charge in [-0.1, -0.05) is 0 Å². The van der Waals surface area contributed by atoms with E-state index in [2.05, 4.69) is 5.32 Å². The number of benzene rings is 1. The Morgan fingerprint density at radius 3 is 2.21 bits per heavy atom. The van der Waals surface area contributed by atoms with Gasteiger partial charge in [0.15, 0.2) is 0 Å². The van der Waals surface area contributed by atoms with Crippen molar-refractivity contribution in [3.63, 3.8) is 0 Å². The fourth-order valence-electron chi connectivity index (χ4n) is 1.51. The van der Waals surface area contributed by atoms with Crippen LogP contribution < -0.4 is 11.1 Å². The molecule has 1 rings (SSSR count). The summed E-state index contributed by atoms with van der Waals surface area (Å²) in [5.74, 6) is -1.76. The van der Waals surface area contributed by atoms with Crippen molar-refractivity contribution in [2.24, 2.45) is 5.73 Å². The van der Waals surface area contributed by atoms with E-state index in [1.807, 2.05) is 0 Å². The molecule has 19 heavy (non-hydrogen) atoms. The van der Waals surface area contributed by atoms with Crippen molar-refractivity contribution >= 4 is 17.8 Å². The molecule has 0 heterocycles. The van der Waals surface area contributed by atoms with Gasteiger partial charge in [-0.3, -0.25) is 14.4 Å². The highest BCUT2D eigenvalue weighted by molar-refractivity contribution is 5.97. The molecule has 0 spiro atoms. The van der Waals surface area contributed by atoms with Crippen LogP contribution in [0.2, 0.25) is 0 Å². The summed E-state index contributed by atoms with van der Waals surface area (Å²) in [5.41, 5.74) is 5.82. The smallest absolute Gasteiger partial charge is 0.303 e. The Kier molecular flexibility index (Phi) is 5.05. The van der Waals surface area contributed by atoms with Crippen LogP contribution in [0.5, 0.6) is 0 Å². The standard InChI is InChI=1S/C13H16N2O4/c1-8(2-7-11(16)17)15-13(19)10-5-3-9(4-6-10)12(14)18/h3-6,8H,2,7H2,1H3,(H2,14,18)(H,15,19)(H,16,17). The Morgan fingerprint density at radius 1 is 1.21 bits per heavy atom. The first-order valence-corrected chi connectivity index (χ1v) is 5.82. The largest absolute Gasteiger partial charge is 0.481 e. The monoisotopic (exact) mass is 264 g/mol. The second-order valence-corrected chi connectivity index (χ2v) is 4.25. The molecule has 1 unspecified atom stereocenters. The van der Waals surface area contributed by atoms with Crippen LogP contribution in [-0.4, -0.2) is 28.9 Å². The zero-order valence-corrected chi connectivity index (χ0v) is 10.6. The van der Waals surface area contributed by atoms with E-state index in [0.29, 0.717) is 17.5 Å². The molecule has 1 aromatic rings. The fourth-order valence-corrected chi connectivity index (χ4v) is 1.51. The van der Waals surface area contributed by atoms with Gasteiger partial charge < -0.3 is 16.2 Å². The number of carbonyl (C=O) groups is 3. The van der Waals surface area contributed by atoms with Crippen molar-refractivity contribution in [2.75, 3.05) is 0 Å². The van der Waals surface area contributed by atoms with Gasteiger partial charge in [0.25, 0.3) is 5.91 Å². The number of carboxylic acids is 1.